The maximum absolute atomic E-state index is 12.9. The Balaban J connectivity index is 1.76. The summed E-state index contributed by atoms with van der Waals surface area (Å²) in [5.74, 6) is -1.75. The van der Waals surface area contributed by atoms with Crippen LogP contribution in [0.15, 0.2) is 53.7 Å². The van der Waals surface area contributed by atoms with Crippen molar-refractivity contribution in [2.24, 2.45) is 0 Å². The van der Waals surface area contributed by atoms with E-state index in [4.69, 9.17) is 0 Å². The van der Waals surface area contributed by atoms with Crippen molar-refractivity contribution in [1.82, 2.24) is 10.3 Å². The van der Waals surface area contributed by atoms with Gasteiger partial charge in [-0.25, -0.2) is 4.39 Å². The Kier molecular flexibility index (Phi) is 5.17. The number of anilines is 1. The summed E-state index contributed by atoms with van der Waals surface area (Å²) in [5.41, 5.74) is 0.103. The maximum Gasteiger partial charge on any atom is 0.433 e. The molecule has 5 nitrogen and oxygen atoms in total. The molecule has 1 aliphatic heterocycles. The number of alkyl halides is 3. The molecule has 2 amide bonds. The Morgan fingerprint density at radius 2 is 1.86 bits per heavy atom. The number of halogens is 4. The van der Waals surface area contributed by atoms with E-state index in [0.717, 1.165) is 12.3 Å². The fraction of sp³-hybridized carbons (Fsp3) is 0.211. The van der Waals surface area contributed by atoms with Crippen LogP contribution < -0.4 is 10.6 Å². The first kappa shape index (κ1) is 19.5. The van der Waals surface area contributed by atoms with Crippen molar-refractivity contribution in [2.45, 2.75) is 25.6 Å². The third-order valence-corrected chi connectivity index (χ3v) is 4.28. The normalized spacial score (nSPS) is 17.3. The second kappa shape index (κ2) is 7.41. The summed E-state index contributed by atoms with van der Waals surface area (Å²) in [7, 11) is 0. The lowest BCUT2D eigenvalue weighted by atomic mass is 9.92. The largest absolute Gasteiger partial charge is 0.433 e. The number of nitrogens with zero attached hydrogens (tertiary/aromatic N) is 1. The van der Waals surface area contributed by atoms with Crippen LogP contribution in [0.3, 0.4) is 0 Å². The van der Waals surface area contributed by atoms with Crippen LogP contribution in [0.4, 0.5) is 23.2 Å². The second-order valence-corrected chi connectivity index (χ2v) is 6.32. The molecule has 146 valence electrons. The highest BCUT2D eigenvalue weighted by Gasteiger charge is 2.34. The van der Waals surface area contributed by atoms with E-state index in [1.54, 1.807) is 6.92 Å². The van der Waals surface area contributed by atoms with Gasteiger partial charge >= 0.3 is 6.18 Å². The molecule has 0 saturated heterocycles. The van der Waals surface area contributed by atoms with Crippen LogP contribution in [-0.4, -0.2) is 16.8 Å². The highest BCUT2D eigenvalue weighted by molar-refractivity contribution is 6.23. The summed E-state index contributed by atoms with van der Waals surface area (Å²) in [6.45, 7) is 1.60. The van der Waals surface area contributed by atoms with Gasteiger partial charge in [0.15, 0.2) is 0 Å². The molecule has 1 atom stereocenters. The average Bonchev–Trinajstić information content (AvgIpc) is 2.62. The molecule has 28 heavy (non-hydrogen) atoms. The molecule has 3 rings (SSSR count). The van der Waals surface area contributed by atoms with Crippen molar-refractivity contribution in [3.05, 3.63) is 70.8 Å². The summed E-state index contributed by atoms with van der Waals surface area (Å²) >= 11 is 0. The van der Waals surface area contributed by atoms with Crippen LogP contribution in [0.5, 0.6) is 0 Å². The average molecular weight is 393 g/mol. The predicted octanol–water partition coefficient (Wildman–Crippen LogP) is 3.76. The lowest BCUT2D eigenvalue weighted by Gasteiger charge is -2.26. The molecule has 2 aromatic rings. The van der Waals surface area contributed by atoms with E-state index >= 15 is 0 Å². The molecular weight excluding hydrogens is 378 g/mol. The monoisotopic (exact) mass is 393 g/mol. The molecule has 9 heteroatoms. The molecule has 1 aliphatic rings. The van der Waals surface area contributed by atoms with Crippen molar-refractivity contribution in [3.8, 4) is 0 Å². The summed E-state index contributed by atoms with van der Waals surface area (Å²) < 4.78 is 50.8. The van der Waals surface area contributed by atoms with Gasteiger partial charge in [0.05, 0.1) is 6.04 Å². The molecule has 1 unspecified atom stereocenters. The van der Waals surface area contributed by atoms with Crippen molar-refractivity contribution < 1.29 is 27.2 Å². The third kappa shape index (κ3) is 4.19. The minimum absolute atomic E-state index is 0.0829. The van der Waals surface area contributed by atoms with E-state index < -0.39 is 35.5 Å². The number of pyridine rings is 1. The van der Waals surface area contributed by atoms with Gasteiger partial charge < -0.3 is 10.6 Å². The fourth-order valence-corrected chi connectivity index (χ4v) is 2.89. The third-order valence-electron chi connectivity index (χ3n) is 4.28. The van der Waals surface area contributed by atoms with E-state index in [9.17, 15) is 27.2 Å². The van der Waals surface area contributed by atoms with Crippen LogP contribution >= 0.6 is 0 Å². The van der Waals surface area contributed by atoms with Crippen LogP contribution in [0.25, 0.3) is 0 Å². The van der Waals surface area contributed by atoms with Gasteiger partial charge in [0, 0.05) is 11.9 Å². The lowest BCUT2D eigenvalue weighted by Crippen LogP contribution is -2.38. The summed E-state index contributed by atoms with van der Waals surface area (Å²) in [4.78, 5) is 28.2. The highest BCUT2D eigenvalue weighted by atomic mass is 19.4. The van der Waals surface area contributed by atoms with E-state index in [-0.39, 0.29) is 12.0 Å². The first-order chi connectivity index (χ1) is 13.1. The number of benzene rings is 1. The van der Waals surface area contributed by atoms with Crippen molar-refractivity contribution in [1.29, 1.82) is 0 Å². The van der Waals surface area contributed by atoms with Gasteiger partial charge in [-0.05, 0) is 49.2 Å². The standard InChI is InChI=1S/C19H15F4N3O2/c1-10-8-14(11-2-7-15(24-9-11)19(21,22)23)26-18(28)16(10)17(27)25-13-5-3-12(20)4-6-13/h2-7,9,14H,8H2,1H3,(H,25,27)(H,26,28). The van der Waals surface area contributed by atoms with E-state index in [1.807, 2.05) is 0 Å². The first-order valence-corrected chi connectivity index (χ1v) is 8.26. The topological polar surface area (TPSA) is 71.1 Å². The zero-order valence-electron chi connectivity index (χ0n) is 14.6. The molecule has 0 radical (unpaired) electrons. The van der Waals surface area contributed by atoms with Gasteiger partial charge in [0.1, 0.15) is 17.1 Å². The molecule has 1 aromatic heterocycles. The van der Waals surface area contributed by atoms with Crippen molar-refractivity contribution in [3.63, 3.8) is 0 Å². The number of aromatic nitrogens is 1. The van der Waals surface area contributed by atoms with E-state index in [1.165, 1.54) is 30.3 Å². The minimum atomic E-state index is -4.55. The van der Waals surface area contributed by atoms with Gasteiger partial charge in [-0.2, -0.15) is 13.2 Å². The van der Waals surface area contributed by atoms with Gasteiger partial charge in [-0.1, -0.05) is 11.6 Å². The predicted molar refractivity (Wildman–Crippen MR) is 92.5 cm³/mol. The minimum Gasteiger partial charge on any atom is -0.345 e. The quantitative estimate of drug-likeness (QED) is 0.616. The molecular formula is C19H15F4N3O2. The van der Waals surface area contributed by atoms with Crippen LogP contribution in [-0.2, 0) is 15.8 Å². The second-order valence-electron chi connectivity index (χ2n) is 6.32. The number of rotatable bonds is 3. The Hall–Kier alpha value is -3.23. The molecule has 1 aromatic carbocycles. The Morgan fingerprint density at radius 1 is 1.18 bits per heavy atom. The van der Waals surface area contributed by atoms with Gasteiger partial charge in [-0.3, -0.25) is 14.6 Å². The lowest BCUT2D eigenvalue weighted by molar-refractivity contribution is -0.141. The smallest absolute Gasteiger partial charge is 0.345 e. The van der Waals surface area contributed by atoms with Crippen LogP contribution in [0.2, 0.25) is 0 Å². The molecule has 0 aliphatic carbocycles. The zero-order chi connectivity index (χ0) is 20.5. The Morgan fingerprint density at radius 3 is 2.39 bits per heavy atom. The summed E-state index contributed by atoms with van der Waals surface area (Å²) in [6.07, 6.45) is -3.24. The molecule has 0 bridgehead atoms. The number of nitrogens with one attached hydrogen (secondary N) is 2. The molecule has 2 N–H and O–H groups in total. The molecule has 0 spiro atoms. The highest BCUT2D eigenvalue weighted by Crippen LogP contribution is 2.31. The van der Waals surface area contributed by atoms with Crippen molar-refractivity contribution >= 4 is 17.5 Å². The molecule has 0 saturated carbocycles. The van der Waals surface area contributed by atoms with Gasteiger partial charge in [0.2, 0.25) is 0 Å². The SMILES string of the molecule is CC1=C(C(=O)Nc2ccc(F)cc2)C(=O)NC(c2ccc(C(F)(F)F)nc2)C1. The fourth-order valence-electron chi connectivity index (χ4n) is 2.89. The Labute approximate surface area is 157 Å². The summed E-state index contributed by atoms with van der Waals surface area (Å²) in [6, 6.07) is 6.57. The number of hydrogen-bond acceptors (Lipinski definition) is 3. The van der Waals surface area contributed by atoms with Crippen LogP contribution in [0.1, 0.15) is 30.6 Å². The molecule has 2 heterocycles. The summed E-state index contributed by atoms with van der Waals surface area (Å²) in [5, 5.41) is 5.12. The van der Waals surface area contributed by atoms with Crippen molar-refractivity contribution in [2.75, 3.05) is 5.32 Å². The number of hydrogen-bond donors (Lipinski definition) is 2. The van der Waals surface area contributed by atoms with Gasteiger partial charge in [0.25, 0.3) is 11.8 Å². The van der Waals surface area contributed by atoms with E-state index in [0.29, 0.717) is 16.8 Å². The molecule has 0 fully saturated rings. The Bertz CT molecular complexity index is 935. The number of carbonyl (C=O) groups is 2. The number of amides is 2. The van der Waals surface area contributed by atoms with Gasteiger partial charge in [-0.15, -0.1) is 0 Å². The van der Waals surface area contributed by atoms with E-state index in [2.05, 4.69) is 15.6 Å². The zero-order valence-corrected chi connectivity index (χ0v) is 14.6. The van der Waals surface area contributed by atoms with Crippen LogP contribution in [0, 0.1) is 5.82 Å². The maximum atomic E-state index is 12.9. The number of carbonyl (C=O) groups excluding carboxylic acids is 2. The first-order valence-electron chi connectivity index (χ1n) is 8.26.